The number of nitrogens with one attached hydrogen (secondary N) is 1. The minimum atomic E-state index is -0.514. The standard InChI is InChI=1S/C15H13ClN2O5/c1-22-13-8-9(7-12(16)14(13)23-2)15(19)17-10-3-5-11(6-4-10)18(20)21/h3-8H,1-2H3,(H,17,19). The molecule has 0 bridgehead atoms. The summed E-state index contributed by atoms with van der Waals surface area (Å²) in [5, 5.41) is 13.5. The first kappa shape index (κ1) is 16.6. The molecule has 7 nitrogen and oxygen atoms in total. The molecule has 2 rings (SSSR count). The van der Waals surface area contributed by atoms with Crippen LogP contribution in [-0.2, 0) is 0 Å². The predicted octanol–water partition coefficient (Wildman–Crippen LogP) is 3.52. The lowest BCUT2D eigenvalue weighted by atomic mass is 10.1. The van der Waals surface area contributed by atoms with Gasteiger partial charge in [-0.05, 0) is 24.3 Å². The number of rotatable bonds is 5. The van der Waals surface area contributed by atoms with Crippen LogP contribution in [0.25, 0.3) is 0 Å². The Hall–Kier alpha value is -2.80. The number of benzene rings is 2. The van der Waals surface area contributed by atoms with E-state index in [4.69, 9.17) is 21.1 Å². The summed E-state index contributed by atoms with van der Waals surface area (Å²) in [7, 11) is 2.88. The van der Waals surface area contributed by atoms with Crippen LogP contribution in [0.15, 0.2) is 36.4 Å². The number of hydrogen-bond acceptors (Lipinski definition) is 5. The summed E-state index contributed by atoms with van der Waals surface area (Å²) in [6.07, 6.45) is 0. The van der Waals surface area contributed by atoms with Gasteiger partial charge in [0.05, 0.1) is 24.2 Å². The molecule has 8 heteroatoms. The third kappa shape index (κ3) is 3.70. The first-order valence-electron chi connectivity index (χ1n) is 6.43. The van der Waals surface area contributed by atoms with Crippen molar-refractivity contribution < 1.29 is 19.2 Å². The maximum Gasteiger partial charge on any atom is 0.269 e. The number of halogens is 1. The number of carbonyl (C=O) groups is 1. The molecule has 0 aromatic heterocycles. The van der Waals surface area contributed by atoms with Gasteiger partial charge >= 0.3 is 0 Å². The zero-order valence-electron chi connectivity index (χ0n) is 12.3. The first-order valence-corrected chi connectivity index (χ1v) is 6.81. The van der Waals surface area contributed by atoms with Gasteiger partial charge in [0.1, 0.15) is 0 Å². The highest BCUT2D eigenvalue weighted by atomic mass is 35.5. The number of non-ortho nitro benzene ring substituents is 1. The van der Waals surface area contributed by atoms with Crippen molar-refractivity contribution in [2.45, 2.75) is 0 Å². The summed E-state index contributed by atoms with van der Waals surface area (Å²) in [5.74, 6) is 0.233. The monoisotopic (exact) mass is 336 g/mol. The topological polar surface area (TPSA) is 90.7 Å². The SMILES string of the molecule is COc1cc(C(=O)Nc2ccc([N+](=O)[O-])cc2)cc(Cl)c1OC. The third-order valence-electron chi connectivity index (χ3n) is 3.03. The summed E-state index contributed by atoms with van der Waals surface area (Å²) in [5.41, 5.74) is 0.634. The third-order valence-corrected chi connectivity index (χ3v) is 3.31. The van der Waals surface area contributed by atoms with Crippen LogP contribution in [0.5, 0.6) is 11.5 Å². The molecule has 0 unspecified atom stereocenters. The Labute approximate surface area is 136 Å². The minimum absolute atomic E-state index is 0.0582. The number of methoxy groups -OCH3 is 2. The van der Waals surface area contributed by atoms with Gasteiger partial charge in [0, 0.05) is 23.4 Å². The van der Waals surface area contributed by atoms with Crippen molar-refractivity contribution >= 4 is 28.9 Å². The Kier molecular flexibility index (Phi) is 5.02. The second-order valence-corrected chi connectivity index (χ2v) is 4.86. The summed E-state index contributed by atoms with van der Waals surface area (Å²) in [6, 6.07) is 8.43. The molecule has 2 aromatic carbocycles. The van der Waals surface area contributed by atoms with E-state index in [2.05, 4.69) is 5.32 Å². The second-order valence-electron chi connectivity index (χ2n) is 4.45. The summed E-state index contributed by atoms with van der Waals surface area (Å²) >= 11 is 6.06. The number of nitrogens with zero attached hydrogens (tertiary/aromatic N) is 1. The number of hydrogen-bond donors (Lipinski definition) is 1. The molecule has 0 aliphatic rings. The van der Waals surface area contributed by atoms with Gasteiger partial charge < -0.3 is 14.8 Å². The van der Waals surface area contributed by atoms with Crippen LogP contribution in [0.2, 0.25) is 5.02 Å². The van der Waals surface area contributed by atoms with Gasteiger partial charge in [0.25, 0.3) is 11.6 Å². The predicted molar refractivity (Wildman–Crippen MR) is 85.6 cm³/mol. The van der Waals surface area contributed by atoms with Crippen molar-refractivity contribution in [3.63, 3.8) is 0 Å². The van der Waals surface area contributed by atoms with E-state index in [1.807, 2.05) is 0 Å². The Bertz CT molecular complexity index is 746. The number of carbonyl (C=O) groups excluding carboxylic acids is 1. The number of ether oxygens (including phenoxy) is 2. The van der Waals surface area contributed by atoms with E-state index in [9.17, 15) is 14.9 Å². The maximum absolute atomic E-state index is 12.3. The smallest absolute Gasteiger partial charge is 0.269 e. The first-order chi connectivity index (χ1) is 11.0. The van der Waals surface area contributed by atoms with Crippen LogP contribution in [0, 0.1) is 10.1 Å². The highest BCUT2D eigenvalue weighted by Gasteiger charge is 2.15. The lowest BCUT2D eigenvalue weighted by Crippen LogP contribution is -2.12. The van der Waals surface area contributed by atoms with E-state index >= 15 is 0 Å². The molecule has 0 saturated carbocycles. The average molecular weight is 337 g/mol. The van der Waals surface area contributed by atoms with E-state index in [0.29, 0.717) is 17.2 Å². The Morgan fingerprint density at radius 2 is 1.83 bits per heavy atom. The minimum Gasteiger partial charge on any atom is -0.493 e. The fourth-order valence-electron chi connectivity index (χ4n) is 1.92. The summed E-state index contributed by atoms with van der Waals surface area (Å²) in [4.78, 5) is 22.3. The van der Waals surface area contributed by atoms with Gasteiger partial charge in [-0.2, -0.15) is 0 Å². The summed E-state index contributed by atoms with van der Waals surface area (Å²) < 4.78 is 10.2. The van der Waals surface area contributed by atoms with Crippen LogP contribution < -0.4 is 14.8 Å². The van der Waals surface area contributed by atoms with Gasteiger partial charge in [-0.1, -0.05) is 11.6 Å². The molecule has 120 valence electrons. The zero-order valence-corrected chi connectivity index (χ0v) is 13.1. The lowest BCUT2D eigenvalue weighted by Gasteiger charge is -2.12. The van der Waals surface area contributed by atoms with Crippen molar-refractivity contribution in [1.29, 1.82) is 0 Å². The second kappa shape index (κ2) is 6.97. The van der Waals surface area contributed by atoms with Crippen molar-refractivity contribution in [2.24, 2.45) is 0 Å². The molecule has 0 fully saturated rings. The highest BCUT2D eigenvalue weighted by Crippen LogP contribution is 2.36. The molecular weight excluding hydrogens is 324 g/mol. The molecule has 0 saturated heterocycles. The van der Waals surface area contributed by atoms with Crippen LogP contribution in [0.1, 0.15) is 10.4 Å². The van der Waals surface area contributed by atoms with Gasteiger partial charge in [0.2, 0.25) is 0 Å². The molecule has 23 heavy (non-hydrogen) atoms. The molecule has 0 atom stereocenters. The quantitative estimate of drug-likeness (QED) is 0.666. The van der Waals surface area contributed by atoms with E-state index in [1.54, 1.807) is 0 Å². The van der Waals surface area contributed by atoms with Gasteiger partial charge in [-0.15, -0.1) is 0 Å². The molecule has 2 aromatic rings. The van der Waals surface area contributed by atoms with Crippen LogP contribution >= 0.6 is 11.6 Å². The molecule has 0 heterocycles. The highest BCUT2D eigenvalue weighted by molar-refractivity contribution is 6.32. The van der Waals surface area contributed by atoms with E-state index in [-0.39, 0.29) is 16.3 Å². The van der Waals surface area contributed by atoms with Gasteiger partial charge in [-0.25, -0.2) is 0 Å². The Morgan fingerprint density at radius 3 is 2.35 bits per heavy atom. The fourth-order valence-corrected chi connectivity index (χ4v) is 2.21. The molecule has 1 N–H and O–H groups in total. The van der Waals surface area contributed by atoms with Crippen molar-refractivity contribution in [3.05, 3.63) is 57.1 Å². The van der Waals surface area contributed by atoms with E-state index < -0.39 is 10.8 Å². The number of nitro groups is 1. The van der Waals surface area contributed by atoms with Crippen molar-refractivity contribution in [2.75, 3.05) is 19.5 Å². The van der Waals surface area contributed by atoms with Crippen LogP contribution in [-0.4, -0.2) is 25.1 Å². The maximum atomic E-state index is 12.3. The lowest BCUT2D eigenvalue weighted by molar-refractivity contribution is -0.384. The number of nitro benzene ring substituents is 1. The van der Waals surface area contributed by atoms with Crippen molar-refractivity contribution in [3.8, 4) is 11.5 Å². The fraction of sp³-hybridized carbons (Fsp3) is 0.133. The van der Waals surface area contributed by atoms with Gasteiger partial charge in [0.15, 0.2) is 11.5 Å². The molecule has 0 spiro atoms. The zero-order chi connectivity index (χ0) is 17.0. The number of amides is 1. The molecular formula is C15H13ClN2O5. The average Bonchev–Trinajstić information content (AvgIpc) is 2.54. The molecule has 0 radical (unpaired) electrons. The van der Waals surface area contributed by atoms with Crippen molar-refractivity contribution in [1.82, 2.24) is 0 Å². The van der Waals surface area contributed by atoms with Gasteiger partial charge in [-0.3, -0.25) is 14.9 Å². The Morgan fingerprint density at radius 1 is 1.17 bits per heavy atom. The summed E-state index contributed by atoms with van der Waals surface area (Å²) in [6.45, 7) is 0. The number of anilines is 1. The van der Waals surface area contributed by atoms with Crippen LogP contribution in [0.4, 0.5) is 11.4 Å². The van der Waals surface area contributed by atoms with Crippen LogP contribution in [0.3, 0.4) is 0 Å². The van der Waals surface area contributed by atoms with E-state index in [0.717, 1.165) is 0 Å². The molecule has 1 amide bonds. The normalized spacial score (nSPS) is 10.0. The largest absolute Gasteiger partial charge is 0.493 e. The Balaban J connectivity index is 2.23. The van der Waals surface area contributed by atoms with E-state index in [1.165, 1.54) is 50.6 Å². The molecule has 0 aliphatic heterocycles. The molecule has 0 aliphatic carbocycles.